The Labute approximate surface area is 79.7 Å². The van der Waals surface area contributed by atoms with Gasteiger partial charge >= 0.3 is 0 Å². The lowest BCUT2D eigenvalue weighted by Crippen LogP contribution is -2.09. The Bertz CT molecular complexity index is 427. The highest BCUT2D eigenvalue weighted by Crippen LogP contribution is 2.12. The molecule has 6 heteroatoms. The third-order valence-electron chi connectivity index (χ3n) is 1.97. The van der Waals surface area contributed by atoms with E-state index in [1.54, 1.807) is 19.3 Å². The van der Waals surface area contributed by atoms with Gasteiger partial charge in [0.05, 0.1) is 11.8 Å². The van der Waals surface area contributed by atoms with E-state index in [1.807, 2.05) is 0 Å². The van der Waals surface area contributed by atoms with Crippen molar-refractivity contribution in [3.63, 3.8) is 0 Å². The van der Waals surface area contributed by atoms with Crippen molar-refractivity contribution in [2.75, 3.05) is 5.73 Å². The molecule has 72 valence electrons. The number of H-pyrrole nitrogens is 1. The number of nitrogens with two attached hydrogens (primary N) is 1. The highest BCUT2D eigenvalue weighted by atomic mass is 16.1. The van der Waals surface area contributed by atoms with Gasteiger partial charge in [-0.05, 0) is 6.07 Å². The maximum atomic E-state index is 11.8. The molecule has 3 N–H and O–H groups in total. The van der Waals surface area contributed by atoms with Gasteiger partial charge in [-0.2, -0.15) is 10.2 Å². The highest BCUT2D eigenvalue weighted by Gasteiger charge is 2.16. The SMILES string of the molecule is Cn1nccc1C(=O)c1cn[nH]c1N. The number of nitrogens with zero attached hydrogens (tertiary/aromatic N) is 3. The highest BCUT2D eigenvalue weighted by molar-refractivity contribution is 6.10. The van der Waals surface area contributed by atoms with Crippen LogP contribution in [0.1, 0.15) is 16.1 Å². The maximum absolute atomic E-state index is 11.8. The Hall–Kier alpha value is -2.11. The molecule has 0 fully saturated rings. The van der Waals surface area contributed by atoms with Crippen molar-refractivity contribution in [2.24, 2.45) is 7.05 Å². The fraction of sp³-hybridized carbons (Fsp3) is 0.125. The van der Waals surface area contributed by atoms with Crippen LogP contribution in [0.25, 0.3) is 0 Å². The summed E-state index contributed by atoms with van der Waals surface area (Å²) in [6.45, 7) is 0. The summed E-state index contributed by atoms with van der Waals surface area (Å²) < 4.78 is 1.49. The lowest BCUT2D eigenvalue weighted by atomic mass is 10.1. The van der Waals surface area contributed by atoms with Crippen molar-refractivity contribution in [3.05, 3.63) is 29.7 Å². The quantitative estimate of drug-likeness (QED) is 0.651. The van der Waals surface area contributed by atoms with E-state index >= 15 is 0 Å². The lowest BCUT2D eigenvalue weighted by Gasteiger charge is -1.98. The van der Waals surface area contributed by atoms with Gasteiger partial charge in [-0.1, -0.05) is 0 Å². The standard InChI is InChI=1S/C8H9N5O/c1-13-6(2-3-11-13)7(14)5-4-10-12-8(5)9/h2-4H,1H3,(H3,9,10,12). The molecule has 0 saturated carbocycles. The normalized spacial score (nSPS) is 10.4. The minimum atomic E-state index is -0.184. The molecule has 0 aliphatic carbocycles. The van der Waals surface area contributed by atoms with Crippen molar-refractivity contribution in [1.82, 2.24) is 20.0 Å². The van der Waals surface area contributed by atoms with Gasteiger partial charge in [0.15, 0.2) is 0 Å². The van der Waals surface area contributed by atoms with Gasteiger partial charge in [-0.25, -0.2) is 0 Å². The number of aromatic amines is 1. The van der Waals surface area contributed by atoms with Crippen LogP contribution < -0.4 is 5.73 Å². The summed E-state index contributed by atoms with van der Waals surface area (Å²) in [4.78, 5) is 11.8. The minimum absolute atomic E-state index is 0.184. The molecule has 0 atom stereocenters. The molecule has 0 radical (unpaired) electrons. The van der Waals surface area contributed by atoms with Crippen LogP contribution in [-0.2, 0) is 7.05 Å². The second kappa shape index (κ2) is 2.99. The summed E-state index contributed by atoms with van der Waals surface area (Å²) in [5.74, 6) is 0.0902. The third kappa shape index (κ3) is 1.17. The number of rotatable bonds is 2. The Balaban J connectivity index is 2.44. The summed E-state index contributed by atoms with van der Waals surface area (Å²) in [6.07, 6.45) is 2.97. The van der Waals surface area contributed by atoms with Crippen molar-refractivity contribution in [2.45, 2.75) is 0 Å². The zero-order chi connectivity index (χ0) is 10.1. The number of anilines is 1. The first-order valence-electron chi connectivity index (χ1n) is 4.01. The smallest absolute Gasteiger partial charge is 0.216 e. The Morgan fingerprint density at radius 3 is 2.93 bits per heavy atom. The average molecular weight is 191 g/mol. The first-order valence-corrected chi connectivity index (χ1v) is 4.01. The second-order valence-electron chi connectivity index (χ2n) is 2.87. The van der Waals surface area contributed by atoms with Gasteiger partial charge in [0.25, 0.3) is 0 Å². The van der Waals surface area contributed by atoms with Gasteiger partial charge in [0.1, 0.15) is 11.5 Å². The minimum Gasteiger partial charge on any atom is -0.383 e. The molecule has 0 unspecified atom stereocenters. The number of nitrogen functional groups attached to an aromatic ring is 1. The third-order valence-corrected chi connectivity index (χ3v) is 1.97. The molecule has 6 nitrogen and oxygen atoms in total. The monoisotopic (exact) mass is 191 g/mol. The maximum Gasteiger partial charge on any atom is 0.216 e. The van der Waals surface area contributed by atoms with Crippen LogP contribution in [0.15, 0.2) is 18.5 Å². The fourth-order valence-electron chi connectivity index (χ4n) is 1.21. The molecule has 0 aromatic carbocycles. The molecule has 0 aliphatic heterocycles. The van der Waals surface area contributed by atoms with Gasteiger partial charge < -0.3 is 5.73 Å². The predicted molar refractivity (Wildman–Crippen MR) is 49.6 cm³/mol. The molecule has 0 spiro atoms. The van der Waals surface area contributed by atoms with Gasteiger partial charge in [0, 0.05) is 13.2 Å². The second-order valence-corrected chi connectivity index (χ2v) is 2.87. The van der Waals surface area contributed by atoms with Gasteiger partial charge in [-0.15, -0.1) is 0 Å². The molecule has 0 saturated heterocycles. The van der Waals surface area contributed by atoms with E-state index in [0.717, 1.165) is 0 Å². The first-order chi connectivity index (χ1) is 6.70. The number of ketones is 1. The van der Waals surface area contributed by atoms with E-state index in [1.165, 1.54) is 10.9 Å². The number of hydrogen-bond acceptors (Lipinski definition) is 4. The number of carbonyl (C=O) groups excluding carboxylic acids is 1. The molecule has 14 heavy (non-hydrogen) atoms. The predicted octanol–water partition coefficient (Wildman–Crippen LogP) is -0.0436. The van der Waals surface area contributed by atoms with Crippen LogP contribution in [0.2, 0.25) is 0 Å². The molecule has 0 bridgehead atoms. The van der Waals surface area contributed by atoms with Crippen LogP contribution in [0.4, 0.5) is 5.82 Å². The summed E-state index contributed by atoms with van der Waals surface area (Å²) in [7, 11) is 1.70. The van der Waals surface area contributed by atoms with E-state index < -0.39 is 0 Å². The fourth-order valence-corrected chi connectivity index (χ4v) is 1.21. The van der Waals surface area contributed by atoms with Crippen LogP contribution in [-0.4, -0.2) is 25.8 Å². The van der Waals surface area contributed by atoms with E-state index in [0.29, 0.717) is 11.3 Å². The number of aryl methyl sites for hydroxylation is 1. The Morgan fingerprint density at radius 1 is 1.64 bits per heavy atom. The molecule has 0 amide bonds. The van der Waals surface area contributed by atoms with Crippen molar-refractivity contribution in [3.8, 4) is 0 Å². The summed E-state index contributed by atoms with van der Waals surface area (Å²) in [5, 5.41) is 10.1. The zero-order valence-electron chi connectivity index (χ0n) is 7.56. The summed E-state index contributed by atoms with van der Waals surface area (Å²) >= 11 is 0. The van der Waals surface area contributed by atoms with E-state index in [4.69, 9.17) is 5.73 Å². The largest absolute Gasteiger partial charge is 0.383 e. The molecule has 0 aliphatic rings. The summed E-state index contributed by atoms with van der Waals surface area (Å²) in [6, 6.07) is 1.63. The van der Waals surface area contributed by atoms with Crippen molar-refractivity contribution in [1.29, 1.82) is 0 Å². The van der Waals surface area contributed by atoms with E-state index in [-0.39, 0.29) is 11.6 Å². The van der Waals surface area contributed by atoms with E-state index in [9.17, 15) is 4.79 Å². The van der Waals surface area contributed by atoms with Crippen LogP contribution >= 0.6 is 0 Å². The van der Waals surface area contributed by atoms with E-state index in [2.05, 4.69) is 15.3 Å². The molecule has 2 aromatic heterocycles. The molecular weight excluding hydrogens is 182 g/mol. The van der Waals surface area contributed by atoms with Crippen LogP contribution in [0.3, 0.4) is 0 Å². The average Bonchev–Trinajstić information content (AvgIpc) is 2.73. The molecule has 2 heterocycles. The number of nitrogens with one attached hydrogen (secondary N) is 1. The zero-order valence-corrected chi connectivity index (χ0v) is 7.56. The van der Waals surface area contributed by atoms with Crippen LogP contribution in [0.5, 0.6) is 0 Å². The Morgan fingerprint density at radius 2 is 2.43 bits per heavy atom. The molecular formula is C8H9N5O. The number of hydrogen-bond donors (Lipinski definition) is 2. The molecule has 2 rings (SSSR count). The first kappa shape index (κ1) is 8.49. The topological polar surface area (TPSA) is 89.6 Å². The van der Waals surface area contributed by atoms with Crippen LogP contribution in [0, 0.1) is 0 Å². The van der Waals surface area contributed by atoms with Crippen molar-refractivity contribution >= 4 is 11.6 Å². The van der Waals surface area contributed by atoms with Gasteiger partial charge in [-0.3, -0.25) is 14.6 Å². The number of carbonyl (C=O) groups is 1. The lowest BCUT2D eigenvalue weighted by molar-refractivity contribution is 0.103. The Kier molecular flexibility index (Phi) is 1.81. The van der Waals surface area contributed by atoms with Crippen molar-refractivity contribution < 1.29 is 4.79 Å². The number of aromatic nitrogens is 4. The molecule has 2 aromatic rings. The van der Waals surface area contributed by atoms with Gasteiger partial charge in [0.2, 0.25) is 5.78 Å². The summed E-state index contributed by atoms with van der Waals surface area (Å²) in [5.41, 5.74) is 6.38.